The van der Waals surface area contributed by atoms with Gasteiger partial charge in [-0.3, -0.25) is 0 Å². The SMILES string of the molecule is CCOC(=O)c1c(C)n(-c2ccc(OC)cc2)c2ccc(O)c(CN(C)C)c12. The molecule has 0 fully saturated rings. The van der Waals surface area contributed by atoms with Crippen molar-refractivity contribution in [2.24, 2.45) is 0 Å². The summed E-state index contributed by atoms with van der Waals surface area (Å²) in [5.41, 5.74) is 3.71. The first-order valence-corrected chi connectivity index (χ1v) is 9.21. The molecule has 0 aliphatic rings. The number of aromatic hydroxyl groups is 1. The standard InChI is InChI=1S/C22H26N2O4/c1-6-28-22(26)20-14(2)24(15-7-9-16(27-5)10-8-15)18-11-12-19(25)17(21(18)20)13-23(3)4/h7-12,25H,6,13H2,1-5H3. The van der Waals surface area contributed by atoms with Crippen LogP contribution < -0.4 is 4.74 Å². The third kappa shape index (κ3) is 3.43. The van der Waals surface area contributed by atoms with E-state index in [1.165, 1.54) is 0 Å². The second kappa shape index (κ2) is 7.94. The molecule has 0 amide bonds. The quantitative estimate of drug-likeness (QED) is 0.655. The molecular formula is C22H26N2O4. The van der Waals surface area contributed by atoms with E-state index < -0.39 is 0 Å². The van der Waals surface area contributed by atoms with Crippen molar-refractivity contribution < 1.29 is 19.4 Å². The first kappa shape index (κ1) is 19.8. The van der Waals surface area contributed by atoms with Crippen LogP contribution in [-0.2, 0) is 11.3 Å². The van der Waals surface area contributed by atoms with Crippen LogP contribution in [0.5, 0.6) is 11.5 Å². The Kier molecular flexibility index (Phi) is 5.61. The third-order valence-corrected chi connectivity index (χ3v) is 4.74. The monoisotopic (exact) mass is 382 g/mol. The smallest absolute Gasteiger partial charge is 0.340 e. The van der Waals surface area contributed by atoms with Crippen molar-refractivity contribution in [1.29, 1.82) is 0 Å². The van der Waals surface area contributed by atoms with Gasteiger partial charge in [0.05, 0.1) is 24.8 Å². The van der Waals surface area contributed by atoms with Crippen molar-refractivity contribution in [1.82, 2.24) is 9.47 Å². The van der Waals surface area contributed by atoms with E-state index in [1.807, 2.05) is 60.8 Å². The molecule has 3 aromatic rings. The molecule has 6 nitrogen and oxygen atoms in total. The van der Waals surface area contributed by atoms with Gasteiger partial charge in [0.2, 0.25) is 0 Å². The van der Waals surface area contributed by atoms with Crippen molar-refractivity contribution in [3.05, 3.63) is 53.2 Å². The summed E-state index contributed by atoms with van der Waals surface area (Å²) in [4.78, 5) is 14.8. The number of ether oxygens (including phenoxy) is 2. The Morgan fingerprint density at radius 2 is 1.82 bits per heavy atom. The van der Waals surface area contributed by atoms with Gasteiger partial charge in [-0.15, -0.1) is 0 Å². The Morgan fingerprint density at radius 3 is 2.39 bits per heavy atom. The summed E-state index contributed by atoms with van der Waals surface area (Å²) in [6.07, 6.45) is 0. The molecule has 3 rings (SSSR count). The molecule has 0 saturated carbocycles. The molecule has 28 heavy (non-hydrogen) atoms. The van der Waals surface area contributed by atoms with E-state index in [0.717, 1.165) is 28.0 Å². The number of hydrogen-bond donors (Lipinski definition) is 1. The van der Waals surface area contributed by atoms with Crippen LogP contribution in [0.4, 0.5) is 0 Å². The maximum absolute atomic E-state index is 12.8. The number of carbonyl (C=O) groups excluding carboxylic acids is 1. The molecule has 0 radical (unpaired) electrons. The van der Waals surface area contributed by atoms with E-state index >= 15 is 0 Å². The van der Waals surface area contributed by atoms with Gasteiger partial charge in [-0.05, 0) is 64.3 Å². The first-order valence-electron chi connectivity index (χ1n) is 9.21. The van der Waals surface area contributed by atoms with Crippen LogP contribution in [0.25, 0.3) is 16.6 Å². The molecule has 0 unspecified atom stereocenters. The zero-order valence-electron chi connectivity index (χ0n) is 16.9. The minimum Gasteiger partial charge on any atom is -0.508 e. The lowest BCUT2D eigenvalue weighted by Crippen LogP contribution is -2.12. The van der Waals surface area contributed by atoms with Gasteiger partial charge in [-0.2, -0.15) is 0 Å². The van der Waals surface area contributed by atoms with Crippen molar-refractivity contribution in [2.45, 2.75) is 20.4 Å². The first-order chi connectivity index (χ1) is 13.4. The zero-order valence-corrected chi connectivity index (χ0v) is 16.9. The van der Waals surface area contributed by atoms with E-state index in [9.17, 15) is 9.90 Å². The predicted molar refractivity (Wildman–Crippen MR) is 110 cm³/mol. The van der Waals surface area contributed by atoms with Gasteiger partial charge in [-0.1, -0.05) is 0 Å². The summed E-state index contributed by atoms with van der Waals surface area (Å²) in [5, 5.41) is 11.3. The fourth-order valence-corrected chi connectivity index (χ4v) is 3.56. The van der Waals surface area contributed by atoms with Gasteiger partial charge < -0.3 is 24.0 Å². The largest absolute Gasteiger partial charge is 0.508 e. The Hall–Kier alpha value is -2.99. The summed E-state index contributed by atoms with van der Waals surface area (Å²) < 4.78 is 12.6. The number of benzene rings is 2. The molecule has 2 aromatic carbocycles. The van der Waals surface area contributed by atoms with Crippen LogP contribution in [0.15, 0.2) is 36.4 Å². The molecule has 1 heterocycles. The number of hydrogen-bond acceptors (Lipinski definition) is 5. The van der Waals surface area contributed by atoms with Gasteiger partial charge in [0, 0.05) is 28.9 Å². The Balaban J connectivity index is 2.36. The zero-order chi connectivity index (χ0) is 20.4. The maximum Gasteiger partial charge on any atom is 0.340 e. The van der Waals surface area contributed by atoms with Crippen LogP contribution in [-0.4, -0.2) is 48.4 Å². The number of phenols is 1. The molecular weight excluding hydrogens is 356 g/mol. The van der Waals surface area contributed by atoms with Gasteiger partial charge in [-0.25, -0.2) is 4.79 Å². The minimum absolute atomic E-state index is 0.165. The Labute approximate surface area is 164 Å². The molecule has 0 aliphatic heterocycles. The molecule has 6 heteroatoms. The summed E-state index contributed by atoms with van der Waals surface area (Å²) in [7, 11) is 5.48. The second-order valence-corrected chi connectivity index (χ2v) is 6.91. The van der Waals surface area contributed by atoms with Crippen molar-refractivity contribution in [3.8, 4) is 17.2 Å². The number of methoxy groups -OCH3 is 1. The lowest BCUT2D eigenvalue weighted by Gasteiger charge is -2.14. The second-order valence-electron chi connectivity index (χ2n) is 6.91. The van der Waals surface area contributed by atoms with E-state index in [-0.39, 0.29) is 18.3 Å². The number of rotatable bonds is 6. The van der Waals surface area contributed by atoms with Crippen molar-refractivity contribution in [2.75, 3.05) is 27.8 Å². The Bertz CT molecular complexity index is 1000. The van der Waals surface area contributed by atoms with Crippen LogP contribution in [0.3, 0.4) is 0 Å². The molecule has 0 bridgehead atoms. The topological polar surface area (TPSA) is 63.9 Å². The predicted octanol–water partition coefficient (Wildman–Crippen LogP) is 3.89. The highest BCUT2D eigenvalue weighted by atomic mass is 16.5. The molecule has 1 aromatic heterocycles. The van der Waals surface area contributed by atoms with Crippen LogP contribution in [0.1, 0.15) is 28.5 Å². The highest BCUT2D eigenvalue weighted by Crippen LogP contribution is 2.37. The summed E-state index contributed by atoms with van der Waals surface area (Å²) in [6, 6.07) is 11.2. The van der Waals surface area contributed by atoms with E-state index in [2.05, 4.69) is 0 Å². The maximum atomic E-state index is 12.8. The average molecular weight is 382 g/mol. The van der Waals surface area contributed by atoms with Gasteiger partial charge in [0.1, 0.15) is 11.5 Å². The highest BCUT2D eigenvalue weighted by Gasteiger charge is 2.25. The molecule has 0 aliphatic carbocycles. The van der Waals surface area contributed by atoms with E-state index in [1.54, 1.807) is 20.1 Å². The van der Waals surface area contributed by atoms with Crippen LogP contribution in [0, 0.1) is 6.92 Å². The number of esters is 1. The van der Waals surface area contributed by atoms with Crippen LogP contribution in [0.2, 0.25) is 0 Å². The number of carbonyl (C=O) groups is 1. The molecule has 1 N–H and O–H groups in total. The number of aromatic nitrogens is 1. The highest BCUT2D eigenvalue weighted by molar-refractivity contribution is 6.08. The number of phenolic OH excluding ortho intramolecular Hbond substituents is 1. The van der Waals surface area contributed by atoms with Crippen LogP contribution >= 0.6 is 0 Å². The Morgan fingerprint density at radius 1 is 1.14 bits per heavy atom. The summed E-state index contributed by atoms with van der Waals surface area (Å²) in [5.74, 6) is 0.538. The van der Waals surface area contributed by atoms with Crippen molar-refractivity contribution >= 4 is 16.9 Å². The number of nitrogens with zero attached hydrogens (tertiary/aromatic N) is 2. The van der Waals surface area contributed by atoms with E-state index in [4.69, 9.17) is 9.47 Å². The molecule has 0 saturated heterocycles. The fourth-order valence-electron chi connectivity index (χ4n) is 3.56. The average Bonchev–Trinajstić information content (AvgIpc) is 2.96. The molecule has 0 spiro atoms. The van der Waals surface area contributed by atoms with Gasteiger partial charge >= 0.3 is 5.97 Å². The summed E-state index contributed by atoms with van der Waals surface area (Å²) in [6.45, 7) is 4.47. The fraction of sp³-hybridized carbons (Fsp3) is 0.318. The lowest BCUT2D eigenvalue weighted by molar-refractivity contribution is 0.0527. The van der Waals surface area contributed by atoms with E-state index in [0.29, 0.717) is 17.7 Å². The molecule has 0 atom stereocenters. The lowest BCUT2D eigenvalue weighted by atomic mass is 10.0. The summed E-state index contributed by atoms with van der Waals surface area (Å²) >= 11 is 0. The normalized spacial score (nSPS) is 11.2. The van der Waals surface area contributed by atoms with Gasteiger partial charge in [0.15, 0.2) is 0 Å². The molecule has 148 valence electrons. The van der Waals surface area contributed by atoms with Gasteiger partial charge in [0.25, 0.3) is 0 Å². The minimum atomic E-state index is -0.386. The number of fused-ring (bicyclic) bond motifs is 1. The third-order valence-electron chi connectivity index (χ3n) is 4.74. The van der Waals surface area contributed by atoms with Crippen molar-refractivity contribution in [3.63, 3.8) is 0 Å².